The van der Waals surface area contributed by atoms with E-state index in [1.807, 2.05) is 26.0 Å². The highest BCUT2D eigenvalue weighted by molar-refractivity contribution is 6.06. The van der Waals surface area contributed by atoms with Crippen molar-refractivity contribution >= 4 is 22.8 Å². The van der Waals surface area contributed by atoms with E-state index in [9.17, 15) is 9.59 Å². The van der Waals surface area contributed by atoms with Crippen molar-refractivity contribution in [2.45, 2.75) is 20.3 Å². The van der Waals surface area contributed by atoms with E-state index < -0.39 is 0 Å². The van der Waals surface area contributed by atoms with E-state index in [0.717, 1.165) is 16.5 Å². The van der Waals surface area contributed by atoms with Gasteiger partial charge in [-0.05, 0) is 25.5 Å². The number of hydrogen-bond acceptors (Lipinski definition) is 3. The lowest BCUT2D eigenvalue weighted by molar-refractivity contribution is -0.139. The number of carbonyl (C=O) groups is 2. The lowest BCUT2D eigenvalue weighted by Crippen LogP contribution is -2.30. The fraction of sp³-hybridized carbons (Fsp3) is 0.375. The number of amides is 1. The standard InChI is InChI=1S/C16H20N2O3/c1-4-18(5-2)16(20)13-8-6-7-12-11(9-14(19)21-3)10-17-15(12)13/h6-8,10,17H,4-5,9H2,1-3H3. The van der Waals surface area contributed by atoms with Gasteiger partial charge in [-0.15, -0.1) is 0 Å². The highest BCUT2D eigenvalue weighted by Gasteiger charge is 2.18. The third-order valence-electron chi connectivity index (χ3n) is 3.64. The number of nitrogens with zero attached hydrogens (tertiary/aromatic N) is 1. The van der Waals surface area contributed by atoms with Crippen molar-refractivity contribution in [3.63, 3.8) is 0 Å². The number of hydrogen-bond donors (Lipinski definition) is 1. The number of fused-ring (bicyclic) bond motifs is 1. The van der Waals surface area contributed by atoms with E-state index in [4.69, 9.17) is 4.74 Å². The number of para-hydroxylation sites is 1. The zero-order valence-electron chi connectivity index (χ0n) is 12.6. The minimum absolute atomic E-state index is 0.00271. The minimum Gasteiger partial charge on any atom is -0.469 e. The Kier molecular flexibility index (Phi) is 4.62. The predicted octanol–water partition coefficient (Wildman–Crippen LogP) is 2.37. The van der Waals surface area contributed by atoms with Gasteiger partial charge in [-0.25, -0.2) is 0 Å². The summed E-state index contributed by atoms with van der Waals surface area (Å²) < 4.78 is 4.70. The first-order valence-corrected chi connectivity index (χ1v) is 7.07. The van der Waals surface area contributed by atoms with E-state index in [-0.39, 0.29) is 18.3 Å². The van der Waals surface area contributed by atoms with Gasteiger partial charge in [-0.1, -0.05) is 12.1 Å². The average Bonchev–Trinajstić information content (AvgIpc) is 2.91. The fourth-order valence-electron chi connectivity index (χ4n) is 2.45. The quantitative estimate of drug-likeness (QED) is 0.859. The molecule has 0 atom stereocenters. The summed E-state index contributed by atoms with van der Waals surface area (Å²) in [5.74, 6) is -0.298. The maximum Gasteiger partial charge on any atom is 0.310 e. The lowest BCUT2D eigenvalue weighted by atomic mass is 10.1. The number of ether oxygens (including phenoxy) is 1. The molecule has 0 fully saturated rings. The SMILES string of the molecule is CCN(CC)C(=O)c1cccc2c(CC(=O)OC)c[nH]c12. The van der Waals surface area contributed by atoms with Crippen molar-refractivity contribution in [3.05, 3.63) is 35.5 Å². The number of aromatic nitrogens is 1. The maximum absolute atomic E-state index is 12.5. The van der Waals surface area contributed by atoms with Gasteiger partial charge in [0.1, 0.15) is 0 Å². The maximum atomic E-state index is 12.5. The molecule has 112 valence electrons. The Bertz CT molecular complexity index is 657. The van der Waals surface area contributed by atoms with Crippen LogP contribution in [0.25, 0.3) is 10.9 Å². The monoisotopic (exact) mass is 288 g/mol. The molecule has 1 aromatic carbocycles. The number of nitrogens with one attached hydrogen (secondary N) is 1. The Labute approximate surface area is 123 Å². The van der Waals surface area contributed by atoms with E-state index >= 15 is 0 Å². The molecule has 0 spiro atoms. The number of aromatic amines is 1. The molecule has 0 saturated carbocycles. The zero-order valence-corrected chi connectivity index (χ0v) is 12.6. The molecule has 2 aromatic rings. The molecule has 0 unspecified atom stereocenters. The van der Waals surface area contributed by atoms with Crippen LogP contribution in [0.2, 0.25) is 0 Å². The summed E-state index contributed by atoms with van der Waals surface area (Å²) >= 11 is 0. The molecule has 0 aliphatic carbocycles. The van der Waals surface area contributed by atoms with E-state index in [1.165, 1.54) is 7.11 Å². The first kappa shape index (κ1) is 15.1. The molecule has 21 heavy (non-hydrogen) atoms. The average molecular weight is 288 g/mol. The molecule has 5 heteroatoms. The van der Waals surface area contributed by atoms with Crippen LogP contribution < -0.4 is 0 Å². The predicted molar refractivity (Wildman–Crippen MR) is 81.3 cm³/mol. The second-order valence-electron chi connectivity index (χ2n) is 4.77. The van der Waals surface area contributed by atoms with E-state index in [1.54, 1.807) is 17.2 Å². The van der Waals surface area contributed by atoms with Gasteiger partial charge < -0.3 is 14.6 Å². The fourth-order valence-corrected chi connectivity index (χ4v) is 2.45. The second kappa shape index (κ2) is 6.43. The van der Waals surface area contributed by atoms with Crippen molar-refractivity contribution in [1.29, 1.82) is 0 Å². The number of methoxy groups -OCH3 is 1. The Hall–Kier alpha value is -2.30. The summed E-state index contributed by atoms with van der Waals surface area (Å²) in [5, 5.41) is 0.887. The Morgan fingerprint density at radius 2 is 1.95 bits per heavy atom. The van der Waals surface area contributed by atoms with Crippen molar-refractivity contribution in [2.24, 2.45) is 0 Å². The first-order valence-electron chi connectivity index (χ1n) is 7.07. The summed E-state index contributed by atoms with van der Waals surface area (Å²) in [6, 6.07) is 5.55. The molecule has 1 aromatic heterocycles. The molecule has 0 bridgehead atoms. The van der Waals surface area contributed by atoms with Gasteiger partial charge in [0.2, 0.25) is 0 Å². The van der Waals surface area contributed by atoms with Crippen molar-refractivity contribution in [3.8, 4) is 0 Å². The van der Waals surface area contributed by atoms with Gasteiger partial charge >= 0.3 is 5.97 Å². The van der Waals surface area contributed by atoms with E-state index in [2.05, 4.69) is 4.98 Å². The molecule has 0 aliphatic rings. The lowest BCUT2D eigenvalue weighted by Gasteiger charge is -2.19. The third kappa shape index (κ3) is 2.91. The van der Waals surface area contributed by atoms with Crippen LogP contribution in [0.3, 0.4) is 0 Å². The van der Waals surface area contributed by atoms with Crippen molar-refractivity contribution < 1.29 is 14.3 Å². The van der Waals surface area contributed by atoms with Crippen LogP contribution in [0.4, 0.5) is 0 Å². The molecule has 2 rings (SSSR count). The van der Waals surface area contributed by atoms with Gasteiger partial charge in [-0.3, -0.25) is 9.59 Å². The first-order chi connectivity index (χ1) is 10.1. The van der Waals surface area contributed by atoms with Gasteiger partial charge in [0.15, 0.2) is 0 Å². The van der Waals surface area contributed by atoms with Crippen molar-refractivity contribution in [1.82, 2.24) is 9.88 Å². The van der Waals surface area contributed by atoms with Crippen LogP contribution in [-0.4, -0.2) is 42.0 Å². The smallest absolute Gasteiger partial charge is 0.310 e. The highest BCUT2D eigenvalue weighted by atomic mass is 16.5. The highest BCUT2D eigenvalue weighted by Crippen LogP contribution is 2.23. The summed E-state index contributed by atoms with van der Waals surface area (Å²) in [6.45, 7) is 5.25. The molecule has 0 aliphatic heterocycles. The molecule has 1 N–H and O–H groups in total. The van der Waals surface area contributed by atoms with Crippen LogP contribution in [-0.2, 0) is 16.0 Å². The van der Waals surface area contributed by atoms with Crippen LogP contribution in [0, 0.1) is 0 Å². The van der Waals surface area contributed by atoms with Gasteiger partial charge in [0.05, 0.1) is 24.6 Å². The van der Waals surface area contributed by atoms with E-state index in [0.29, 0.717) is 18.7 Å². The Morgan fingerprint density at radius 3 is 2.57 bits per heavy atom. The largest absolute Gasteiger partial charge is 0.469 e. The summed E-state index contributed by atoms with van der Waals surface area (Å²) in [7, 11) is 1.37. The number of esters is 1. The molecule has 1 heterocycles. The molecule has 5 nitrogen and oxygen atoms in total. The zero-order chi connectivity index (χ0) is 15.4. The number of carbonyl (C=O) groups excluding carboxylic acids is 2. The van der Waals surface area contributed by atoms with Crippen LogP contribution >= 0.6 is 0 Å². The summed E-state index contributed by atoms with van der Waals surface area (Å²) in [6.07, 6.45) is 1.96. The minimum atomic E-state index is -0.295. The second-order valence-corrected chi connectivity index (χ2v) is 4.77. The molecule has 1 amide bonds. The van der Waals surface area contributed by atoms with Gasteiger partial charge in [0, 0.05) is 24.7 Å². The van der Waals surface area contributed by atoms with Crippen LogP contribution in [0.5, 0.6) is 0 Å². The molecule has 0 radical (unpaired) electrons. The number of benzene rings is 1. The Balaban J connectivity index is 2.43. The number of H-pyrrole nitrogens is 1. The van der Waals surface area contributed by atoms with Gasteiger partial charge in [-0.2, -0.15) is 0 Å². The van der Waals surface area contributed by atoms with Crippen LogP contribution in [0.1, 0.15) is 29.8 Å². The van der Waals surface area contributed by atoms with Gasteiger partial charge in [0.25, 0.3) is 5.91 Å². The molecule has 0 saturated heterocycles. The van der Waals surface area contributed by atoms with Crippen LogP contribution in [0.15, 0.2) is 24.4 Å². The molecular weight excluding hydrogens is 268 g/mol. The van der Waals surface area contributed by atoms with Crippen molar-refractivity contribution in [2.75, 3.05) is 20.2 Å². The summed E-state index contributed by atoms with van der Waals surface area (Å²) in [5.41, 5.74) is 2.24. The molecular formula is C16H20N2O3. The topological polar surface area (TPSA) is 62.4 Å². The Morgan fingerprint density at radius 1 is 1.24 bits per heavy atom. The number of rotatable bonds is 5. The normalized spacial score (nSPS) is 10.6. The summed E-state index contributed by atoms with van der Waals surface area (Å²) in [4.78, 5) is 28.8. The third-order valence-corrected chi connectivity index (χ3v) is 3.64.